The fourth-order valence-electron chi connectivity index (χ4n) is 1.92. The molecule has 2 aromatic rings. The average molecular weight is 277 g/mol. The summed E-state index contributed by atoms with van der Waals surface area (Å²) < 4.78 is 16.0. The molecule has 0 spiro atoms. The Kier molecular flexibility index (Phi) is 4.63. The first kappa shape index (κ1) is 14.4. The third-order valence-electron chi connectivity index (χ3n) is 2.92. The molecule has 108 valence electrons. The summed E-state index contributed by atoms with van der Waals surface area (Å²) in [6.45, 7) is 1.50. The molecule has 0 aliphatic rings. The van der Waals surface area contributed by atoms with E-state index in [1.165, 1.54) is 6.07 Å². The number of nitrogens with zero attached hydrogens (tertiary/aromatic N) is 1. The van der Waals surface area contributed by atoms with Gasteiger partial charge in [-0.2, -0.15) is 0 Å². The van der Waals surface area contributed by atoms with E-state index in [0.717, 1.165) is 18.4 Å². The van der Waals surface area contributed by atoms with Gasteiger partial charge in [-0.1, -0.05) is 0 Å². The van der Waals surface area contributed by atoms with Crippen molar-refractivity contribution in [2.75, 3.05) is 34.4 Å². The molecule has 5 heteroatoms. The van der Waals surface area contributed by atoms with Gasteiger partial charge in [0.15, 0.2) is 0 Å². The standard InChI is InChI=1S/C15H19NO4/c1-16(2)7-4-8-19-13-10-15(17)20-14-9-11(18-3)5-6-12(13)14/h5-6,9-10H,4,7-8H2,1-3H3. The predicted molar refractivity (Wildman–Crippen MR) is 77.7 cm³/mol. The molecule has 0 saturated heterocycles. The molecule has 1 aromatic heterocycles. The first-order valence-corrected chi connectivity index (χ1v) is 6.49. The summed E-state index contributed by atoms with van der Waals surface area (Å²) in [5.74, 6) is 1.20. The van der Waals surface area contributed by atoms with E-state index in [4.69, 9.17) is 13.9 Å². The maximum atomic E-state index is 11.5. The highest BCUT2D eigenvalue weighted by atomic mass is 16.5. The molecule has 0 atom stereocenters. The monoisotopic (exact) mass is 277 g/mol. The molecule has 0 aliphatic heterocycles. The molecule has 2 rings (SSSR count). The minimum atomic E-state index is -0.423. The summed E-state index contributed by atoms with van der Waals surface area (Å²) in [6, 6.07) is 6.71. The number of rotatable bonds is 6. The summed E-state index contributed by atoms with van der Waals surface area (Å²) in [4.78, 5) is 13.6. The van der Waals surface area contributed by atoms with Crippen molar-refractivity contribution >= 4 is 11.0 Å². The zero-order valence-electron chi connectivity index (χ0n) is 12.0. The summed E-state index contributed by atoms with van der Waals surface area (Å²) in [5, 5.41) is 0.773. The minimum absolute atomic E-state index is 0.423. The summed E-state index contributed by atoms with van der Waals surface area (Å²) in [7, 11) is 5.60. The number of benzene rings is 1. The first-order valence-electron chi connectivity index (χ1n) is 6.49. The second-order valence-electron chi connectivity index (χ2n) is 4.80. The smallest absolute Gasteiger partial charge is 0.339 e. The number of fused-ring (bicyclic) bond motifs is 1. The Morgan fingerprint density at radius 2 is 2.05 bits per heavy atom. The maximum absolute atomic E-state index is 11.5. The Morgan fingerprint density at radius 3 is 2.75 bits per heavy atom. The van der Waals surface area contributed by atoms with Crippen LogP contribution in [-0.4, -0.2) is 39.3 Å². The lowest BCUT2D eigenvalue weighted by Gasteiger charge is -2.11. The topological polar surface area (TPSA) is 51.9 Å². The summed E-state index contributed by atoms with van der Waals surface area (Å²) in [5.41, 5.74) is 0.0489. The molecular formula is C15H19NO4. The van der Waals surface area contributed by atoms with E-state index in [1.54, 1.807) is 13.2 Å². The molecule has 1 heterocycles. The van der Waals surface area contributed by atoms with E-state index in [1.807, 2.05) is 26.2 Å². The average Bonchev–Trinajstić information content (AvgIpc) is 2.42. The van der Waals surface area contributed by atoms with Gasteiger partial charge in [0.05, 0.1) is 25.2 Å². The van der Waals surface area contributed by atoms with Crippen molar-refractivity contribution in [2.45, 2.75) is 6.42 Å². The normalized spacial score (nSPS) is 11.0. The van der Waals surface area contributed by atoms with Crippen LogP contribution < -0.4 is 15.1 Å². The number of ether oxygens (including phenoxy) is 2. The highest BCUT2D eigenvalue weighted by molar-refractivity contribution is 5.84. The third kappa shape index (κ3) is 3.51. The molecule has 1 aromatic carbocycles. The van der Waals surface area contributed by atoms with Crippen molar-refractivity contribution in [1.29, 1.82) is 0 Å². The van der Waals surface area contributed by atoms with Gasteiger partial charge in [-0.3, -0.25) is 0 Å². The van der Waals surface area contributed by atoms with Gasteiger partial charge in [-0.15, -0.1) is 0 Å². The van der Waals surface area contributed by atoms with Gasteiger partial charge in [-0.25, -0.2) is 4.79 Å². The van der Waals surface area contributed by atoms with E-state index in [2.05, 4.69) is 4.90 Å². The van der Waals surface area contributed by atoms with E-state index >= 15 is 0 Å². The van der Waals surface area contributed by atoms with Gasteiger partial charge in [0.1, 0.15) is 17.1 Å². The van der Waals surface area contributed by atoms with E-state index in [0.29, 0.717) is 23.7 Å². The Morgan fingerprint density at radius 1 is 1.25 bits per heavy atom. The maximum Gasteiger partial charge on any atom is 0.339 e. The minimum Gasteiger partial charge on any atom is -0.497 e. The molecule has 0 amide bonds. The van der Waals surface area contributed by atoms with Crippen LogP contribution in [0.5, 0.6) is 11.5 Å². The molecule has 20 heavy (non-hydrogen) atoms. The fourth-order valence-corrected chi connectivity index (χ4v) is 1.92. The first-order chi connectivity index (χ1) is 9.60. The summed E-state index contributed by atoms with van der Waals surface area (Å²) >= 11 is 0. The SMILES string of the molecule is COc1ccc2c(OCCCN(C)C)cc(=O)oc2c1. The molecule has 0 radical (unpaired) electrons. The van der Waals surface area contributed by atoms with Crippen molar-refractivity contribution in [3.8, 4) is 11.5 Å². The molecule has 0 N–H and O–H groups in total. The van der Waals surface area contributed by atoms with Crippen LogP contribution >= 0.6 is 0 Å². The van der Waals surface area contributed by atoms with Gasteiger partial charge >= 0.3 is 5.63 Å². The van der Waals surface area contributed by atoms with Crippen LogP contribution in [0, 0.1) is 0 Å². The second kappa shape index (κ2) is 6.43. The van der Waals surface area contributed by atoms with Gasteiger partial charge in [0, 0.05) is 12.6 Å². The van der Waals surface area contributed by atoms with Crippen molar-refractivity contribution in [1.82, 2.24) is 4.90 Å². The summed E-state index contributed by atoms with van der Waals surface area (Å²) in [6.07, 6.45) is 0.894. The quantitative estimate of drug-likeness (QED) is 0.598. The number of hydrogen-bond acceptors (Lipinski definition) is 5. The number of methoxy groups -OCH3 is 1. The van der Waals surface area contributed by atoms with Crippen LogP contribution in [0.2, 0.25) is 0 Å². The zero-order valence-corrected chi connectivity index (χ0v) is 12.0. The lowest BCUT2D eigenvalue weighted by molar-refractivity contribution is 0.282. The molecule has 5 nitrogen and oxygen atoms in total. The van der Waals surface area contributed by atoms with Crippen LogP contribution in [0.25, 0.3) is 11.0 Å². The highest BCUT2D eigenvalue weighted by Crippen LogP contribution is 2.27. The lowest BCUT2D eigenvalue weighted by Crippen LogP contribution is -2.15. The third-order valence-corrected chi connectivity index (χ3v) is 2.92. The van der Waals surface area contributed by atoms with Crippen LogP contribution in [0.15, 0.2) is 33.5 Å². The Labute approximate surface area is 117 Å². The van der Waals surface area contributed by atoms with Gasteiger partial charge < -0.3 is 18.8 Å². The second-order valence-corrected chi connectivity index (χ2v) is 4.80. The van der Waals surface area contributed by atoms with Crippen molar-refractivity contribution in [3.05, 3.63) is 34.7 Å². The molecular weight excluding hydrogens is 258 g/mol. The van der Waals surface area contributed by atoms with E-state index < -0.39 is 5.63 Å². The molecule has 0 unspecified atom stereocenters. The largest absolute Gasteiger partial charge is 0.497 e. The van der Waals surface area contributed by atoms with Gasteiger partial charge in [-0.05, 0) is 32.6 Å². The fraction of sp³-hybridized carbons (Fsp3) is 0.400. The highest BCUT2D eigenvalue weighted by Gasteiger charge is 2.08. The predicted octanol–water partition coefficient (Wildman–Crippen LogP) is 2.13. The Balaban J connectivity index is 2.21. The van der Waals surface area contributed by atoms with Crippen LogP contribution in [0.1, 0.15) is 6.42 Å². The Hall–Kier alpha value is -2.01. The van der Waals surface area contributed by atoms with Crippen LogP contribution in [0.3, 0.4) is 0 Å². The van der Waals surface area contributed by atoms with Gasteiger partial charge in [0.2, 0.25) is 0 Å². The van der Waals surface area contributed by atoms with Crippen molar-refractivity contribution in [2.24, 2.45) is 0 Å². The van der Waals surface area contributed by atoms with E-state index in [9.17, 15) is 4.79 Å². The van der Waals surface area contributed by atoms with Crippen LogP contribution in [0.4, 0.5) is 0 Å². The molecule has 0 saturated carbocycles. The molecule has 0 bridgehead atoms. The molecule has 0 fully saturated rings. The van der Waals surface area contributed by atoms with E-state index in [-0.39, 0.29) is 0 Å². The number of hydrogen-bond donors (Lipinski definition) is 0. The zero-order chi connectivity index (χ0) is 14.5. The molecule has 0 aliphatic carbocycles. The van der Waals surface area contributed by atoms with Gasteiger partial charge in [0.25, 0.3) is 0 Å². The van der Waals surface area contributed by atoms with Crippen molar-refractivity contribution < 1.29 is 13.9 Å². The van der Waals surface area contributed by atoms with Crippen molar-refractivity contribution in [3.63, 3.8) is 0 Å². The van der Waals surface area contributed by atoms with Crippen LogP contribution in [-0.2, 0) is 0 Å². The Bertz CT molecular complexity index is 633. The lowest BCUT2D eigenvalue weighted by atomic mass is 10.2.